The van der Waals surface area contributed by atoms with Crippen molar-refractivity contribution >= 4 is 17.0 Å². The Hall–Kier alpha value is -2.50. The van der Waals surface area contributed by atoms with E-state index in [1.54, 1.807) is 0 Å². The van der Waals surface area contributed by atoms with Crippen LogP contribution in [-0.2, 0) is 0 Å². The summed E-state index contributed by atoms with van der Waals surface area (Å²) in [6.45, 7) is 4.09. The second-order valence-corrected chi connectivity index (χ2v) is 5.00. The molecule has 0 fully saturated rings. The van der Waals surface area contributed by atoms with Gasteiger partial charge < -0.3 is 4.42 Å². The molecule has 1 aromatic heterocycles. The summed E-state index contributed by atoms with van der Waals surface area (Å²) in [6, 6.07) is 18.3. The molecule has 0 bridgehead atoms. The quantitative estimate of drug-likeness (QED) is 0.540. The summed E-state index contributed by atoms with van der Waals surface area (Å²) in [4.78, 5) is 0. The maximum absolute atomic E-state index is 6.04. The van der Waals surface area contributed by atoms with E-state index in [-0.39, 0.29) is 0 Å². The second kappa shape index (κ2) is 5.24. The van der Waals surface area contributed by atoms with Gasteiger partial charge in [0.25, 0.3) is 0 Å². The summed E-state index contributed by atoms with van der Waals surface area (Å²) < 4.78 is 6.04. The van der Waals surface area contributed by atoms with Gasteiger partial charge in [-0.3, -0.25) is 0 Å². The van der Waals surface area contributed by atoms with Gasteiger partial charge in [0.05, 0.1) is 0 Å². The fourth-order valence-corrected chi connectivity index (χ4v) is 2.23. The molecule has 0 radical (unpaired) electrons. The molecule has 0 aliphatic heterocycles. The normalized spacial score (nSPS) is 10.3. The first-order valence-electron chi connectivity index (χ1n) is 6.72. The predicted octanol–water partition coefficient (Wildman–Crippen LogP) is 5.68. The minimum Gasteiger partial charge on any atom is -0.455 e. The van der Waals surface area contributed by atoms with Crippen LogP contribution in [0.2, 0.25) is 0 Å². The van der Waals surface area contributed by atoms with Crippen LogP contribution in [-0.4, -0.2) is 0 Å². The summed E-state index contributed by atoms with van der Waals surface area (Å²) in [5, 5.41) is 1.13. The third kappa shape index (κ3) is 2.32. The molecule has 20 heavy (non-hydrogen) atoms. The minimum atomic E-state index is 0.903. The largest absolute Gasteiger partial charge is 0.455 e. The topological polar surface area (TPSA) is 13.1 Å². The van der Waals surface area contributed by atoms with E-state index in [1.807, 2.05) is 56.3 Å². The maximum Gasteiger partial charge on any atom is 0.143 e. The lowest BCUT2D eigenvalue weighted by Crippen LogP contribution is -1.76. The van der Waals surface area contributed by atoms with Gasteiger partial charge in [-0.15, -0.1) is 5.73 Å². The third-order valence-electron chi connectivity index (χ3n) is 3.18. The van der Waals surface area contributed by atoms with Crippen molar-refractivity contribution in [3.05, 3.63) is 71.5 Å². The average Bonchev–Trinajstić information content (AvgIpc) is 2.84. The number of allylic oxidation sites excluding steroid dienone is 1. The molecule has 0 aliphatic carbocycles. The molecule has 0 amide bonds. The van der Waals surface area contributed by atoms with E-state index < -0.39 is 0 Å². The Morgan fingerprint density at radius 3 is 2.40 bits per heavy atom. The molecule has 0 unspecified atom stereocenters. The van der Waals surface area contributed by atoms with E-state index in [4.69, 9.17) is 4.42 Å². The predicted molar refractivity (Wildman–Crippen MR) is 84.5 cm³/mol. The molecular formula is C19H16O. The lowest BCUT2D eigenvalue weighted by atomic mass is 10.1. The molecule has 1 heterocycles. The van der Waals surface area contributed by atoms with E-state index >= 15 is 0 Å². The van der Waals surface area contributed by atoms with E-state index in [1.165, 1.54) is 0 Å². The Bertz CT molecular complexity index is 796. The van der Waals surface area contributed by atoms with Crippen LogP contribution in [0.15, 0.2) is 70.3 Å². The molecule has 3 aromatic rings. The van der Waals surface area contributed by atoms with E-state index in [0.717, 1.165) is 33.4 Å². The zero-order valence-electron chi connectivity index (χ0n) is 11.7. The molecule has 3 rings (SSSR count). The molecule has 1 nitrogen and oxygen atoms in total. The first-order chi connectivity index (χ1) is 9.75. The van der Waals surface area contributed by atoms with Crippen LogP contribution in [0.5, 0.6) is 0 Å². The summed E-state index contributed by atoms with van der Waals surface area (Å²) in [7, 11) is 0. The van der Waals surface area contributed by atoms with Crippen LogP contribution < -0.4 is 0 Å². The van der Waals surface area contributed by atoms with Gasteiger partial charge in [-0.05, 0) is 31.6 Å². The fraction of sp³-hybridized carbons (Fsp3) is 0.105. The number of hydrogen-bond acceptors (Lipinski definition) is 1. The Morgan fingerprint density at radius 1 is 0.950 bits per heavy atom. The number of furan rings is 1. The van der Waals surface area contributed by atoms with Gasteiger partial charge >= 0.3 is 0 Å². The Morgan fingerprint density at radius 2 is 1.65 bits per heavy atom. The number of fused-ring (bicyclic) bond motifs is 1. The highest BCUT2D eigenvalue weighted by Gasteiger charge is 2.12. The van der Waals surface area contributed by atoms with Crippen molar-refractivity contribution in [2.75, 3.05) is 0 Å². The smallest absolute Gasteiger partial charge is 0.143 e. The SMILES string of the molecule is CC(C)=C=Cc1c(-c2ccccc2)oc2ccccc12. The average molecular weight is 260 g/mol. The van der Waals surface area contributed by atoms with Crippen LogP contribution in [0, 0.1) is 0 Å². The lowest BCUT2D eigenvalue weighted by Gasteiger charge is -1.97. The van der Waals surface area contributed by atoms with Crippen LogP contribution >= 0.6 is 0 Å². The second-order valence-electron chi connectivity index (χ2n) is 5.00. The van der Waals surface area contributed by atoms with Gasteiger partial charge in [0.2, 0.25) is 0 Å². The van der Waals surface area contributed by atoms with Crippen molar-refractivity contribution < 1.29 is 4.42 Å². The molecule has 0 atom stereocenters. The van der Waals surface area contributed by atoms with Crippen LogP contribution in [0.3, 0.4) is 0 Å². The van der Waals surface area contributed by atoms with Gasteiger partial charge in [-0.2, -0.15) is 0 Å². The molecule has 0 spiro atoms. The molecule has 0 N–H and O–H groups in total. The van der Waals surface area contributed by atoms with Crippen molar-refractivity contribution in [2.24, 2.45) is 0 Å². The lowest BCUT2D eigenvalue weighted by molar-refractivity contribution is 0.631. The van der Waals surface area contributed by atoms with Crippen molar-refractivity contribution in [1.29, 1.82) is 0 Å². The number of hydrogen-bond donors (Lipinski definition) is 0. The Kier molecular flexibility index (Phi) is 3.28. The number of rotatable bonds is 2. The van der Waals surface area contributed by atoms with Crippen LogP contribution in [0.1, 0.15) is 19.4 Å². The van der Waals surface area contributed by atoms with Crippen LogP contribution in [0.4, 0.5) is 0 Å². The van der Waals surface area contributed by atoms with Gasteiger partial charge in [0.1, 0.15) is 11.3 Å². The maximum atomic E-state index is 6.04. The first-order valence-corrected chi connectivity index (χ1v) is 6.72. The van der Waals surface area contributed by atoms with Gasteiger partial charge in [-0.1, -0.05) is 48.5 Å². The molecule has 0 saturated heterocycles. The highest BCUT2D eigenvalue weighted by molar-refractivity contribution is 5.94. The van der Waals surface area contributed by atoms with Gasteiger partial charge in [0.15, 0.2) is 0 Å². The molecule has 0 aliphatic rings. The molecular weight excluding hydrogens is 244 g/mol. The standard InChI is InChI=1S/C19H16O/c1-14(2)12-13-17-16-10-6-7-11-18(16)20-19(17)15-8-4-3-5-9-15/h3-11,13H,1-2H3. The Balaban J connectivity index is 2.31. The number of para-hydroxylation sites is 1. The highest BCUT2D eigenvalue weighted by Crippen LogP contribution is 2.34. The zero-order valence-corrected chi connectivity index (χ0v) is 11.7. The Labute approximate surface area is 118 Å². The highest BCUT2D eigenvalue weighted by atomic mass is 16.3. The molecule has 2 aromatic carbocycles. The minimum absolute atomic E-state index is 0.903. The van der Waals surface area contributed by atoms with E-state index in [9.17, 15) is 0 Å². The molecule has 98 valence electrons. The fourth-order valence-electron chi connectivity index (χ4n) is 2.23. The monoisotopic (exact) mass is 260 g/mol. The summed E-state index contributed by atoms with van der Waals surface area (Å²) in [6.07, 6.45) is 2.02. The summed E-state index contributed by atoms with van der Waals surface area (Å²) in [5.74, 6) is 0.903. The first kappa shape index (κ1) is 12.5. The van der Waals surface area contributed by atoms with Crippen molar-refractivity contribution in [2.45, 2.75) is 13.8 Å². The third-order valence-corrected chi connectivity index (χ3v) is 3.18. The summed E-state index contributed by atoms with van der Waals surface area (Å²) >= 11 is 0. The summed E-state index contributed by atoms with van der Waals surface area (Å²) in [5.41, 5.74) is 7.52. The van der Waals surface area contributed by atoms with Crippen molar-refractivity contribution in [3.63, 3.8) is 0 Å². The number of benzene rings is 2. The zero-order chi connectivity index (χ0) is 13.9. The van der Waals surface area contributed by atoms with E-state index in [0.29, 0.717) is 0 Å². The van der Waals surface area contributed by atoms with Gasteiger partial charge in [-0.25, -0.2) is 0 Å². The van der Waals surface area contributed by atoms with Crippen molar-refractivity contribution in [3.8, 4) is 11.3 Å². The molecule has 1 heteroatoms. The van der Waals surface area contributed by atoms with E-state index in [2.05, 4.69) is 23.9 Å². The molecule has 0 saturated carbocycles. The van der Waals surface area contributed by atoms with Gasteiger partial charge in [0, 0.05) is 16.5 Å². The van der Waals surface area contributed by atoms with Crippen LogP contribution in [0.25, 0.3) is 28.4 Å². The van der Waals surface area contributed by atoms with Crippen molar-refractivity contribution in [1.82, 2.24) is 0 Å².